The minimum atomic E-state index is -1.13. The van der Waals surface area contributed by atoms with Crippen molar-refractivity contribution in [2.75, 3.05) is 39.5 Å². The van der Waals surface area contributed by atoms with Gasteiger partial charge in [0.25, 0.3) is 5.91 Å². The normalized spacial score (nSPS) is 11.8. The zero-order valence-electron chi connectivity index (χ0n) is 28.9. The van der Waals surface area contributed by atoms with E-state index in [9.17, 15) is 19.5 Å². The summed E-state index contributed by atoms with van der Waals surface area (Å²) in [5.74, 6) is -0.260. The van der Waals surface area contributed by atoms with Crippen molar-refractivity contribution in [3.8, 4) is 11.5 Å². The van der Waals surface area contributed by atoms with E-state index in [1.54, 1.807) is 12.1 Å². The van der Waals surface area contributed by atoms with Gasteiger partial charge in [-0.15, -0.1) is 0 Å². The van der Waals surface area contributed by atoms with Crippen molar-refractivity contribution >= 4 is 29.9 Å². The van der Waals surface area contributed by atoms with Crippen LogP contribution in [0.5, 0.6) is 11.5 Å². The highest BCUT2D eigenvalue weighted by Crippen LogP contribution is 2.37. The largest absolute Gasteiger partial charge is 0.478 e. The highest BCUT2D eigenvalue weighted by molar-refractivity contribution is 6.02. The number of benzene rings is 3. The summed E-state index contributed by atoms with van der Waals surface area (Å²) >= 11 is 0. The van der Waals surface area contributed by atoms with Gasteiger partial charge in [0.1, 0.15) is 11.5 Å². The number of carboxylic acids is 1. The van der Waals surface area contributed by atoms with Crippen LogP contribution in [-0.4, -0.2) is 62.4 Å². The topological polar surface area (TPSA) is 123 Å². The van der Waals surface area contributed by atoms with Gasteiger partial charge in [-0.25, -0.2) is 4.79 Å². The van der Waals surface area contributed by atoms with E-state index in [-0.39, 0.29) is 22.9 Å². The van der Waals surface area contributed by atoms with Crippen molar-refractivity contribution in [3.05, 3.63) is 92.9 Å². The van der Waals surface area contributed by atoms with E-state index in [0.717, 1.165) is 46.6 Å². The van der Waals surface area contributed by atoms with Gasteiger partial charge in [-0.3, -0.25) is 9.59 Å². The maximum absolute atomic E-state index is 13.0. The first-order valence-electron chi connectivity index (χ1n) is 17.5. The molecule has 9 heteroatoms. The van der Waals surface area contributed by atoms with E-state index in [4.69, 9.17) is 14.2 Å². The molecule has 0 bridgehead atoms. The summed E-state index contributed by atoms with van der Waals surface area (Å²) in [6.07, 6.45) is 8.66. The molecule has 0 aliphatic carbocycles. The van der Waals surface area contributed by atoms with Gasteiger partial charge in [0.15, 0.2) is 0 Å². The number of amides is 2. The number of hydrogen-bond donors (Lipinski definition) is 3. The molecule has 3 aromatic rings. The lowest BCUT2D eigenvalue weighted by molar-refractivity contribution is -0.121. The molecule has 1 aliphatic heterocycles. The summed E-state index contributed by atoms with van der Waals surface area (Å²) in [7, 11) is 0. The molecule has 0 saturated heterocycles. The van der Waals surface area contributed by atoms with Crippen LogP contribution in [0.2, 0.25) is 0 Å². The average molecular weight is 671 g/mol. The van der Waals surface area contributed by atoms with Crippen LogP contribution in [0, 0.1) is 6.92 Å². The fraction of sp³-hybridized carbons (Fsp3) is 0.425. The molecule has 49 heavy (non-hydrogen) atoms. The van der Waals surface area contributed by atoms with Crippen molar-refractivity contribution in [2.45, 2.75) is 71.6 Å². The molecule has 0 fully saturated rings. The number of unbranched alkanes of at least 4 members (excludes halogenated alkanes) is 6. The molecule has 9 nitrogen and oxygen atoms in total. The molecule has 1 aliphatic rings. The predicted molar refractivity (Wildman–Crippen MR) is 192 cm³/mol. The Balaban J connectivity index is 1.20. The van der Waals surface area contributed by atoms with Gasteiger partial charge in [0.05, 0.1) is 25.4 Å². The fourth-order valence-corrected chi connectivity index (χ4v) is 5.78. The lowest BCUT2D eigenvalue weighted by Crippen LogP contribution is -2.27. The molecular formula is C40H50N2O7. The number of hydrogen-bond acceptors (Lipinski definition) is 6. The number of carboxylic acid groups (broad SMARTS) is 1. The summed E-state index contributed by atoms with van der Waals surface area (Å²) in [5.41, 5.74) is 3.31. The summed E-state index contributed by atoms with van der Waals surface area (Å²) in [5, 5.41) is 17.5. The van der Waals surface area contributed by atoms with Gasteiger partial charge < -0.3 is 30.0 Å². The van der Waals surface area contributed by atoms with Crippen molar-refractivity contribution in [3.63, 3.8) is 0 Å². The second-order valence-corrected chi connectivity index (χ2v) is 12.4. The van der Waals surface area contributed by atoms with Crippen molar-refractivity contribution in [1.82, 2.24) is 10.6 Å². The van der Waals surface area contributed by atoms with Gasteiger partial charge in [-0.05, 0) is 66.8 Å². The van der Waals surface area contributed by atoms with Crippen molar-refractivity contribution < 1.29 is 33.7 Å². The van der Waals surface area contributed by atoms with Crippen LogP contribution in [0.1, 0.15) is 102 Å². The number of carbonyl (C=O) groups is 3. The van der Waals surface area contributed by atoms with Gasteiger partial charge in [0.2, 0.25) is 5.91 Å². The first-order chi connectivity index (χ1) is 23.8. The summed E-state index contributed by atoms with van der Waals surface area (Å²) in [6, 6.07) is 16.2. The number of nitrogens with one attached hydrogen (secondary N) is 2. The Labute approximate surface area is 289 Å². The molecule has 0 atom stereocenters. The minimum Gasteiger partial charge on any atom is -0.478 e. The summed E-state index contributed by atoms with van der Waals surface area (Å²) in [4.78, 5) is 37.6. The van der Waals surface area contributed by atoms with Crippen LogP contribution in [0.3, 0.4) is 0 Å². The number of carbonyl (C=O) groups excluding carboxylic acids is 2. The third-order valence-corrected chi connectivity index (χ3v) is 8.42. The van der Waals surface area contributed by atoms with Crippen LogP contribution in [0.15, 0.2) is 54.6 Å². The predicted octanol–water partition coefficient (Wildman–Crippen LogP) is 5.87. The zero-order chi connectivity index (χ0) is 35.0. The molecular weight excluding hydrogens is 620 g/mol. The molecule has 3 aromatic carbocycles. The van der Waals surface area contributed by atoms with E-state index >= 15 is 0 Å². The first kappa shape index (κ1) is 37.4. The Morgan fingerprint density at radius 1 is 0.755 bits per heavy atom. The molecule has 1 heterocycles. The third kappa shape index (κ3) is 11.3. The second kappa shape index (κ2) is 19.5. The number of fused-ring (bicyclic) bond motifs is 2. The third-order valence-electron chi connectivity index (χ3n) is 8.42. The quantitative estimate of drug-likeness (QED) is 0.0949. The Morgan fingerprint density at radius 2 is 1.51 bits per heavy atom. The van der Waals surface area contributed by atoms with Crippen LogP contribution >= 0.6 is 0 Å². The fourth-order valence-electron chi connectivity index (χ4n) is 5.78. The Kier molecular flexibility index (Phi) is 14.9. The van der Waals surface area contributed by atoms with Gasteiger partial charge in [-0.2, -0.15) is 0 Å². The van der Waals surface area contributed by atoms with Gasteiger partial charge >= 0.3 is 5.97 Å². The summed E-state index contributed by atoms with van der Waals surface area (Å²) < 4.78 is 17.3. The van der Waals surface area contributed by atoms with E-state index in [1.165, 1.54) is 31.7 Å². The van der Waals surface area contributed by atoms with Crippen molar-refractivity contribution in [2.24, 2.45) is 0 Å². The van der Waals surface area contributed by atoms with Crippen LogP contribution in [0.25, 0.3) is 12.2 Å². The van der Waals surface area contributed by atoms with Crippen LogP contribution in [0.4, 0.5) is 0 Å². The van der Waals surface area contributed by atoms with E-state index < -0.39 is 5.97 Å². The number of rotatable bonds is 21. The van der Waals surface area contributed by atoms with Crippen molar-refractivity contribution in [1.29, 1.82) is 0 Å². The Bertz CT molecular complexity index is 1700. The zero-order valence-corrected chi connectivity index (χ0v) is 28.9. The second-order valence-electron chi connectivity index (χ2n) is 12.4. The molecule has 0 aromatic heterocycles. The SMILES string of the molecule is C=c1ccc2c(c1)Oc1cc(C)ccc1C=2c1ccc(C(=O)NCCCCCC(=O)NCCOCCOCCCCCCC)cc1C(=O)O. The lowest BCUT2D eigenvalue weighted by Gasteiger charge is -2.22. The highest BCUT2D eigenvalue weighted by atomic mass is 16.5. The number of aromatic carboxylic acids is 1. The highest BCUT2D eigenvalue weighted by Gasteiger charge is 2.25. The molecule has 2 amide bonds. The number of aryl methyl sites for hydroxylation is 1. The van der Waals surface area contributed by atoms with E-state index in [0.29, 0.717) is 69.2 Å². The standard InChI is InChI=1S/C40H50N2O7/c1-4-5-6-7-11-21-47-23-24-48-22-20-41-37(43)12-9-8-10-19-42-39(44)30-15-18-31(34(27-30)40(45)46)38-32-16-13-28(2)25-35(32)49-36-26-29(3)14-17-33(36)38/h13-18,25-27H,2,4-12,19-24H2,1,3H3,(H,41,43)(H,42,44)(H,45,46). The molecule has 262 valence electrons. The van der Waals surface area contributed by atoms with Crippen LogP contribution < -0.4 is 25.8 Å². The number of ether oxygens (including phenoxy) is 3. The maximum atomic E-state index is 13.0. The molecule has 3 N–H and O–H groups in total. The lowest BCUT2D eigenvalue weighted by atomic mass is 9.88. The summed E-state index contributed by atoms with van der Waals surface area (Å²) in [6.45, 7) is 11.4. The Morgan fingerprint density at radius 3 is 2.31 bits per heavy atom. The minimum absolute atomic E-state index is 0.0214. The van der Waals surface area contributed by atoms with Gasteiger partial charge in [0, 0.05) is 48.0 Å². The smallest absolute Gasteiger partial charge is 0.336 e. The Hall–Kier alpha value is -4.47. The molecule has 4 rings (SSSR count). The maximum Gasteiger partial charge on any atom is 0.336 e. The molecule has 0 saturated carbocycles. The van der Waals surface area contributed by atoms with E-state index in [2.05, 4.69) is 24.1 Å². The average Bonchev–Trinajstić information content (AvgIpc) is 3.08. The van der Waals surface area contributed by atoms with Crippen LogP contribution in [-0.2, 0) is 14.3 Å². The van der Waals surface area contributed by atoms with Gasteiger partial charge in [-0.1, -0.05) is 75.9 Å². The monoisotopic (exact) mass is 670 g/mol. The molecule has 0 radical (unpaired) electrons. The first-order valence-corrected chi connectivity index (χ1v) is 17.5. The van der Waals surface area contributed by atoms with E-state index in [1.807, 2.05) is 43.3 Å². The molecule has 0 unspecified atom stereocenters. The molecule has 0 spiro atoms.